The third kappa shape index (κ3) is 7.02. The lowest BCUT2D eigenvalue weighted by Gasteiger charge is -2.23. The number of benzene rings is 1. The van der Waals surface area contributed by atoms with Crippen molar-refractivity contribution < 1.29 is 9.84 Å². The quantitative estimate of drug-likeness (QED) is 0.303. The van der Waals surface area contributed by atoms with E-state index in [9.17, 15) is 5.11 Å². The molecule has 150 valence electrons. The van der Waals surface area contributed by atoms with E-state index in [1.54, 1.807) is 17.8 Å². The maximum absolute atomic E-state index is 10.7. The van der Waals surface area contributed by atoms with Crippen LogP contribution in [0.2, 0.25) is 0 Å². The van der Waals surface area contributed by atoms with Crippen LogP contribution in [-0.2, 0) is 19.2 Å². The Morgan fingerprint density at radius 2 is 2.04 bits per heavy atom. The highest BCUT2D eigenvalue weighted by atomic mass is 127. The number of para-hydroxylation sites is 1. The van der Waals surface area contributed by atoms with Gasteiger partial charge in [0.15, 0.2) is 5.96 Å². The van der Waals surface area contributed by atoms with Gasteiger partial charge >= 0.3 is 0 Å². The average molecular weight is 487 g/mol. The highest BCUT2D eigenvalue weighted by Crippen LogP contribution is 2.19. The van der Waals surface area contributed by atoms with Gasteiger partial charge in [0.05, 0.1) is 25.9 Å². The van der Waals surface area contributed by atoms with Crippen molar-refractivity contribution in [2.24, 2.45) is 12.0 Å². The number of hydrogen-bond donors (Lipinski definition) is 3. The van der Waals surface area contributed by atoms with Gasteiger partial charge in [0, 0.05) is 30.9 Å². The van der Waals surface area contributed by atoms with E-state index in [1.165, 1.54) is 0 Å². The molecule has 1 heterocycles. The number of nitrogens with one attached hydrogen (secondary N) is 2. The summed E-state index contributed by atoms with van der Waals surface area (Å²) >= 11 is 0. The highest BCUT2D eigenvalue weighted by molar-refractivity contribution is 14.0. The lowest BCUT2D eigenvalue weighted by atomic mass is 10.00. The van der Waals surface area contributed by atoms with Crippen LogP contribution in [0.3, 0.4) is 0 Å². The summed E-state index contributed by atoms with van der Waals surface area (Å²) < 4.78 is 7.32. The van der Waals surface area contributed by atoms with Gasteiger partial charge in [0.1, 0.15) is 11.4 Å². The Hall–Kier alpha value is -1.81. The first-order valence-electron chi connectivity index (χ1n) is 8.90. The molecule has 2 aromatic rings. The van der Waals surface area contributed by atoms with E-state index in [1.807, 2.05) is 51.4 Å². The Bertz CT molecular complexity index is 730. The number of aryl methyl sites for hydroxylation is 1. The SMILES string of the molecule is CCNC(=NCc1ccccc1OCC)NCC(C)(O)c1cnn(C)c1.I. The Morgan fingerprint density at radius 3 is 2.67 bits per heavy atom. The molecular formula is C19H30IN5O2. The van der Waals surface area contributed by atoms with E-state index in [0.29, 0.717) is 25.7 Å². The molecule has 0 aliphatic rings. The second-order valence-electron chi connectivity index (χ2n) is 6.27. The van der Waals surface area contributed by atoms with Crippen LogP contribution in [0.1, 0.15) is 31.9 Å². The molecule has 3 N–H and O–H groups in total. The summed E-state index contributed by atoms with van der Waals surface area (Å²) in [5.74, 6) is 1.49. The summed E-state index contributed by atoms with van der Waals surface area (Å²) in [6.45, 7) is 7.88. The number of halogens is 1. The normalized spacial score (nSPS) is 13.4. The van der Waals surface area contributed by atoms with Crippen molar-refractivity contribution in [3.05, 3.63) is 47.8 Å². The molecular weight excluding hydrogens is 457 g/mol. The van der Waals surface area contributed by atoms with Crippen LogP contribution in [0.4, 0.5) is 0 Å². The lowest BCUT2D eigenvalue weighted by Crippen LogP contribution is -2.44. The third-order valence-electron chi connectivity index (χ3n) is 3.95. The van der Waals surface area contributed by atoms with Gasteiger partial charge in [0.25, 0.3) is 0 Å². The fourth-order valence-corrected chi connectivity index (χ4v) is 2.49. The first-order chi connectivity index (χ1) is 12.5. The van der Waals surface area contributed by atoms with Crippen LogP contribution in [0, 0.1) is 0 Å². The van der Waals surface area contributed by atoms with Crippen LogP contribution in [0.25, 0.3) is 0 Å². The van der Waals surface area contributed by atoms with E-state index < -0.39 is 5.60 Å². The maximum atomic E-state index is 10.7. The summed E-state index contributed by atoms with van der Waals surface area (Å²) in [5, 5.41) is 21.2. The van der Waals surface area contributed by atoms with Gasteiger partial charge in [-0.2, -0.15) is 5.10 Å². The van der Waals surface area contributed by atoms with E-state index in [4.69, 9.17) is 4.74 Å². The molecule has 1 atom stereocenters. The molecule has 0 aliphatic heterocycles. The zero-order valence-electron chi connectivity index (χ0n) is 16.4. The van der Waals surface area contributed by atoms with Crippen molar-refractivity contribution in [3.63, 3.8) is 0 Å². The van der Waals surface area contributed by atoms with Gasteiger partial charge in [-0.15, -0.1) is 24.0 Å². The average Bonchev–Trinajstić information content (AvgIpc) is 3.06. The summed E-state index contributed by atoms with van der Waals surface area (Å²) in [6.07, 6.45) is 3.48. The first kappa shape index (κ1) is 23.2. The second kappa shape index (κ2) is 11.1. The van der Waals surface area contributed by atoms with Gasteiger partial charge in [0.2, 0.25) is 0 Å². The standard InChI is InChI=1S/C19H29N5O2.HI/c1-5-20-18(21-11-15-9-7-8-10-17(15)26-6-2)22-14-19(3,25)16-12-23-24(4)13-16;/h7-10,12-13,25H,5-6,11,14H2,1-4H3,(H2,20,21,22);1H. The summed E-state index contributed by atoms with van der Waals surface area (Å²) in [5.41, 5.74) is 0.726. The lowest BCUT2D eigenvalue weighted by molar-refractivity contribution is 0.0616. The predicted octanol–water partition coefficient (Wildman–Crippen LogP) is 2.40. The first-order valence-corrected chi connectivity index (χ1v) is 8.90. The van der Waals surface area contributed by atoms with E-state index in [-0.39, 0.29) is 24.0 Å². The van der Waals surface area contributed by atoms with E-state index in [2.05, 4.69) is 20.7 Å². The topological polar surface area (TPSA) is 83.7 Å². The second-order valence-corrected chi connectivity index (χ2v) is 6.27. The molecule has 1 aromatic heterocycles. The Balaban J connectivity index is 0.00000364. The number of hydrogen-bond acceptors (Lipinski definition) is 4. The smallest absolute Gasteiger partial charge is 0.191 e. The monoisotopic (exact) mass is 487 g/mol. The Labute approximate surface area is 178 Å². The van der Waals surface area contributed by atoms with Crippen LogP contribution in [0.5, 0.6) is 5.75 Å². The molecule has 2 rings (SSSR count). The van der Waals surface area contributed by atoms with Crippen LogP contribution < -0.4 is 15.4 Å². The molecule has 0 fully saturated rings. The molecule has 0 spiro atoms. The van der Waals surface area contributed by atoms with Crippen molar-refractivity contribution >= 4 is 29.9 Å². The molecule has 0 bridgehead atoms. The minimum atomic E-state index is -1.05. The van der Waals surface area contributed by atoms with Gasteiger partial charge in [-0.3, -0.25) is 4.68 Å². The molecule has 27 heavy (non-hydrogen) atoms. The van der Waals surface area contributed by atoms with Gasteiger partial charge in [-0.25, -0.2) is 4.99 Å². The number of nitrogens with zero attached hydrogens (tertiary/aromatic N) is 3. The molecule has 0 saturated heterocycles. The molecule has 0 aliphatic carbocycles. The summed E-state index contributed by atoms with van der Waals surface area (Å²) in [4.78, 5) is 4.61. The number of rotatable bonds is 8. The van der Waals surface area contributed by atoms with Crippen molar-refractivity contribution in [1.82, 2.24) is 20.4 Å². The van der Waals surface area contributed by atoms with Gasteiger partial charge in [-0.1, -0.05) is 18.2 Å². The molecule has 1 aromatic carbocycles. The number of aliphatic hydroxyl groups is 1. The summed E-state index contributed by atoms with van der Waals surface area (Å²) in [6, 6.07) is 7.87. The third-order valence-corrected chi connectivity index (χ3v) is 3.95. The minimum absolute atomic E-state index is 0. The molecule has 0 saturated carbocycles. The van der Waals surface area contributed by atoms with E-state index in [0.717, 1.165) is 23.4 Å². The number of aliphatic imine (C=N–C) groups is 1. The maximum Gasteiger partial charge on any atom is 0.191 e. The number of ether oxygens (including phenoxy) is 1. The Kier molecular flexibility index (Phi) is 9.57. The van der Waals surface area contributed by atoms with E-state index >= 15 is 0 Å². The molecule has 0 amide bonds. The van der Waals surface area contributed by atoms with Gasteiger partial charge < -0.3 is 20.5 Å². The molecule has 1 unspecified atom stereocenters. The number of guanidine groups is 1. The highest BCUT2D eigenvalue weighted by Gasteiger charge is 2.25. The molecule has 0 radical (unpaired) electrons. The van der Waals surface area contributed by atoms with Gasteiger partial charge in [-0.05, 0) is 26.8 Å². The van der Waals surface area contributed by atoms with Crippen molar-refractivity contribution in [3.8, 4) is 5.75 Å². The fourth-order valence-electron chi connectivity index (χ4n) is 2.49. The predicted molar refractivity (Wildman–Crippen MR) is 119 cm³/mol. The van der Waals surface area contributed by atoms with Crippen molar-refractivity contribution in [1.29, 1.82) is 0 Å². The minimum Gasteiger partial charge on any atom is -0.494 e. The van der Waals surface area contributed by atoms with Crippen LogP contribution in [0.15, 0.2) is 41.7 Å². The zero-order valence-corrected chi connectivity index (χ0v) is 18.7. The van der Waals surface area contributed by atoms with Crippen LogP contribution >= 0.6 is 24.0 Å². The van der Waals surface area contributed by atoms with Crippen molar-refractivity contribution in [2.75, 3.05) is 19.7 Å². The fraction of sp³-hybridized carbons (Fsp3) is 0.474. The molecule has 8 heteroatoms. The van der Waals surface area contributed by atoms with Crippen molar-refractivity contribution in [2.45, 2.75) is 32.9 Å². The molecule has 7 nitrogen and oxygen atoms in total. The Morgan fingerprint density at radius 1 is 1.30 bits per heavy atom. The summed E-state index contributed by atoms with van der Waals surface area (Å²) in [7, 11) is 1.83. The van der Waals surface area contributed by atoms with Crippen LogP contribution in [-0.4, -0.2) is 40.5 Å². The zero-order chi connectivity index (χ0) is 19.0. The largest absolute Gasteiger partial charge is 0.494 e. The number of aromatic nitrogens is 2.